The predicted molar refractivity (Wildman–Crippen MR) is 101 cm³/mol. The Balaban J connectivity index is 1.56. The Labute approximate surface area is 163 Å². The van der Waals surface area contributed by atoms with Gasteiger partial charge in [-0.1, -0.05) is 0 Å². The molecule has 1 amide bonds. The maximum absolute atomic E-state index is 12.2. The van der Waals surface area contributed by atoms with Crippen LogP contribution in [0.4, 0.5) is 5.82 Å². The number of rotatable bonds is 6. The number of nitrogens with one attached hydrogen (secondary N) is 1. The number of furan rings is 1. The number of esters is 1. The number of aromatic nitrogens is 1. The summed E-state index contributed by atoms with van der Waals surface area (Å²) in [7, 11) is 1.32. The number of benzene rings is 1. The zero-order chi connectivity index (χ0) is 19.2. The minimum atomic E-state index is -0.413. The number of methoxy groups -OCH3 is 1. The molecule has 2 aromatic heterocycles. The van der Waals surface area contributed by atoms with Crippen LogP contribution < -0.4 is 10.1 Å². The number of pyridine rings is 1. The quantitative estimate of drug-likeness (QED) is 0.593. The molecule has 0 spiro atoms. The zero-order valence-electron chi connectivity index (χ0n) is 14.3. The number of carbonyl (C=O) groups is 2. The van der Waals surface area contributed by atoms with Crippen molar-refractivity contribution in [2.75, 3.05) is 12.4 Å². The van der Waals surface area contributed by atoms with Crippen LogP contribution in [-0.4, -0.2) is 24.0 Å². The molecule has 0 atom stereocenters. The van der Waals surface area contributed by atoms with Crippen molar-refractivity contribution in [3.05, 3.63) is 76.3 Å². The van der Waals surface area contributed by atoms with Crippen molar-refractivity contribution in [1.29, 1.82) is 0 Å². The molecular formula is C19H15BrN2O5. The summed E-state index contributed by atoms with van der Waals surface area (Å²) >= 11 is 3.28. The third kappa shape index (κ3) is 4.95. The fraction of sp³-hybridized carbons (Fsp3) is 0.105. The Morgan fingerprint density at radius 1 is 1.11 bits per heavy atom. The van der Waals surface area contributed by atoms with Crippen molar-refractivity contribution in [3.8, 4) is 5.75 Å². The highest BCUT2D eigenvalue weighted by molar-refractivity contribution is 9.10. The number of hydrogen-bond donors (Lipinski definition) is 1. The molecule has 1 aromatic carbocycles. The minimum Gasteiger partial charge on any atom is -0.486 e. The van der Waals surface area contributed by atoms with Crippen molar-refractivity contribution in [2.24, 2.45) is 0 Å². The Morgan fingerprint density at radius 3 is 2.56 bits per heavy atom. The highest BCUT2D eigenvalue weighted by Gasteiger charge is 2.13. The van der Waals surface area contributed by atoms with Gasteiger partial charge >= 0.3 is 5.97 Å². The van der Waals surface area contributed by atoms with Crippen LogP contribution >= 0.6 is 15.9 Å². The maximum atomic E-state index is 12.2. The van der Waals surface area contributed by atoms with E-state index in [9.17, 15) is 9.59 Å². The second-order valence-corrected chi connectivity index (χ2v) is 6.30. The fourth-order valence-electron chi connectivity index (χ4n) is 2.16. The molecule has 0 fully saturated rings. The van der Waals surface area contributed by atoms with E-state index in [1.54, 1.807) is 54.7 Å². The normalized spacial score (nSPS) is 10.3. The zero-order valence-corrected chi connectivity index (χ0v) is 15.9. The van der Waals surface area contributed by atoms with Gasteiger partial charge in [-0.3, -0.25) is 4.79 Å². The first-order valence-corrected chi connectivity index (χ1v) is 8.67. The highest BCUT2D eigenvalue weighted by Crippen LogP contribution is 2.17. The lowest BCUT2D eigenvalue weighted by Gasteiger charge is -2.05. The van der Waals surface area contributed by atoms with Gasteiger partial charge in [-0.2, -0.15) is 0 Å². The van der Waals surface area contributed by atoms with Crippen LogP contribution in [0.5, 0.6) is 5.75 Å². The Morgan fingerprint density at radius 2 is 1.89 bits per heavy atom. The molecule has 0 aliphatic rings. The van der Waals surface area contributed by atoms with Crippen molar-refractivity contribution in [2.45, 2.75) is 6.61 Å². The van der Waals surface area contributed by atoms with Crippen LogP contribution in [0.2, 0.25) is 0 Å². The molecule has 0 bridgehead atoms. The lowest BCUT2D eigenvalue weighted by molar-refractivity contribution is 0.0600. The van der Waals surface area contributed by atoms with E-state index in [1.807, 2.05) is 0 Å². The number of carbonyl (C=O) groups excluding carboxylic acids is 2. The summed E-state index contributed by atoms with van der Waals surface area (Å²) in [5.74, 6) is 0.800. The molecular weight excluding hydrogens is 416 g/mol. The number of amides is 1. The van der Waals surface area contributed by atoms with Gasteiger partial charge in [-0.15, -0.1) is 0 Å². The van der Waals surface area contributed by atoms with E-state index in [0.29, 0.717) is 22.9 Å². The molecule has 0 unspecified atom stereocenters. The summed E-state index contributed by atoms with van der Waals surface area (Å²) < 4.78 is 16.5. The molecule has 3 aromatic rings. The van der Waals surface area contributed by atoms with Gasteiger partial charge in [-0.05, 0) is 64.5 Å². The van der Waals surface area contributed by atoms with E-state index in [0.717, 1.165) is 4.47 Å². The van der Waals surface area contributed by atoms with Crippen molar-refractivity contribution in [3.63, 3.8) is 0 Å². The molecule has 1 N–H and O–H groups in total. The molecule has 0 saturated heterocycles. The molecule has 0 radical (unpaired) electrons. The SMILES string of the molecule is COC(=O)c1ccc(OCc2ccc(C(=O)Nc3ccc(Br)cn3)o2)cc1. The Bertz CT molecular complexity index is 935. The summed E-state index contributed by atoms with van der Waals surface area (Å²) in [5, 5.41) is 2.65. The molecule has 8 heteroatoms. The molecule has 138 valence electrons. The summed E-state index contributed by atoms with van der Waals surface area (Å²) in [4.78, 5) is 27.6. The Hall–Kier alpha value is -3.13. The first kappa shape index (κ1) is 18.7. The number of ether oxygens (including phenoxy) is 2. The number of anilines is 1. The second-order valence-electron chi connectivity index (χ2n) is 5.39. The van der Waals surface area contributed by atoms with Crippen LogP contribution in [0.1, 0.15) is 26.7 Å². The molecule has 3 rings (SSSR count). The summed E-state index contributed by atoms with van der Waals surface area (Å²) in [5.41, 5.74) is 0.434. The van der Waals surface area contributed by atoms with Crippen LogP contribution in [0.3, 0.4) is 0 Å². The van der Waals surface area contributed by atoms with Crippen molar-refractivity contribution < 1.29 is 23.5 Å². The minimum absolute atomic E-state index is 0.140. The van der Waals surface area contributed by atoms with E-state index in [1.165, 1.54) is 7.11 Å². The summed E-state index contributed by atoms with van der Waals surface area (Å²) in [6.07, 6.45) is 1.59. The molecule has 0 saturated carbocycles. The standard InChI is InChI=1S/C19H15BrN2O5/c1-25-19(24)12-2-5-14(6-3-12)26-11-15-7-8-16(27-15)18(23)22-17-9-4-13(20)10-21-17/h2-10H,11H2,1H3,(H,21,22,23). The van der Waals surface area contributed by atoms with Gasteiger partial charge in [0.15, 0.2) is 5.76 Å². The highest BCUT2D eigenvalue weighted by atomic mass is 79.9. The predicted octanol–water partition coefficient (Wildman–Crippen LogP) is 4.06. The van der Waals surface area contributed by atoms with Gasteiger partial charge in [0.25, 0.3) is 5.91 Å². The van der Waals surface area contributed by atoms with Gasteiger partial charge in [0.1, 0.15) is 23.9 Å². The van der Waals surface area contributed by atoms with Gasteiger partial charge < -0.3 is 19.2 Å². The second kappa shape index (κ2) is 8.50. The fourth-order valence-corrected chi connectivity index (χ4v) is 2.40. The first-order valence-electron chi connectivity index (χ1n) is 7.88. The average Bonchev–Trinajstić information content (AvgIpc) is 3.17. The molecule has 7 nitrogen and oxygen atoms in total. The third-order valence-electron chi connectivity index (χ3n) is 3.51. The smallest absolute Gasteiger partial charge is 0.337 e. The number of nitrogens with zero attached hydrogens (tertiary/aromatic N) is 1. The monoisotopic (exact) mass is 430 g/mol. The van der Waals surface area contributed by atoms with E-state index in [-0.39, 0.29) is 12.4 Å². The van der Waals surface area contributed by atoms with Crippen LogP contribution in [0, 0.1) is 0 Å². The number of halogens is 1. The number of hydrogen-bond acceptors (Lipinski definition) is 6. The van der Waals surface area contributed by atoms with Gasteiger partial charge in [0.2, 0.25) is 0 Å². The van der Waals surface area contributed by atoms with E-state index >= 15 is 0 Å². The van der Waals surface area contributed by atoms with E-state index < -0.39 is 11.9 Å². The molecule has 0 aliphatic carbocycles. The van der Waals surface area contributed by atoms with E-state index in [4.69, 9.17) is 9.15 Å². The summed E-state index contributed by atoms with van der Waals surface area (Å²) in [6.45, 7) is 0.140. The largest absolute Gasteiger partial charge is 0.486 e. The van der Waals surface area contributed by atoms with Crippen LogP contribution in [0.25, 0.3) is 0 Å². The molecule has 2 heterocycles. The molecule has 27 heavy (non-hydrogen) atoms. The lowest BCUT2D eigenvalue weighted by atomic mass is 10.2. The van der Waals surface area contributed by atoms with Gasteiger partial charge in [0.05, 0.1) is 12.7 Å². The van der Waals surface area contributed by atoms with Crippen LogP contribution in [-0.2, 0) is 11.3 Å². The summed E-state index contributed by atoms with van der Waals surface area (Å²) in [6, 6.07) is 13.2. The first-order chi connectivity index (χ1) is 13.0. The van der Waals surface area contributed by atoms with Crippen molar-refractivity contribution in [1.82, 2.24) is 4.98 Å². The topological polar surface area (TPSA) is 90.7 Å². The van der Waals surface area contributed by atoms with Gasteiger partial charge in [-0.25, -0.2) is 9.78 Å². The maximum Gasteiger partial charge on any atom is 0.337 e. The van der Waals surface area contributed by atoms with Crippen molar-refractivity contribution >= 4 is 33.6 Å². The van der Waals surface area contributed by atoms with Crippen LogP contribution in [0.15, 0.2) is 63.6 Å². The average molecular weight is 431 g/mol. The van der Waals surface area contributed by atoms with Gasteiger partial charge in [0, 0.05) is 10.7 Å². The van der Waals surface area contributed by atoms with E-state index in [2.05, 4.69) is 31.0 Å². The Kier molecular flexibility index (Phi) is 5.87. The third-order valence-corrected chi connectivity index (χ3v) is 3.98. The molecule has 0 aliphatic heterocycles. The lowest BCUT2D eigenvalue weighted by Crippen LogP contribution is -2.11.